The van der Waals surface area contributed by atoms with E-state index in [0.717, 1.165) is 49.7 Å². The molecule has 1 aliphatic rings. The van der Waals surface area contributed by atoms with Crippen molar-refractivity contribution in [1.82, 2.24) is 25.1 Å². The number of para-hydroxylation sites is 1. The summed E-state index contributed by atoms with van der Waals surface area (Å²) in [6, 6.07) is 10.6. The number of anilines is 4. The standard InChI is InChI=1S/C44H65ClN7O6P/c1-29-24-35(48-43-46-27-33(45)41(50-43)47-34-18-16-17-19-37(34)59(8,9)57)36(58-7)26-31(29)22-23-51(6)39(55)21-15-13-11-10-12-14-20-38(54)49-40(44(3,4)5)42(56)52-28-32(53)25-30(52)2/h16-19,24,26-27,30,32,40,53H,10-15,20-23,25,28H2,1-9H3,(H,49,54)(H2,46,47,48,50)/t30-,32-,40-/m1/s1. The van der Waals surface area contributed by atoms with Crippen LogP contribution in [0.4, 0.5) is 23.1 Å². The zero-order valence-corrected chi connectivity index (χ0v) is 38.0. The van der Waals surface area contributed by atoms with Crippen molar-refractivity contribution in [2.24, 2.45) is 5.41 Å². The molecule has 2 heterocycles. The SMILES string of the molecule is COc1cc(CCN(C)C(=O)CCCCCCCCC(=O)N[C@H](C(=O)N2C[C@H](O)C[C@H]2C)C(C)(C)C)c(C)cc1Nc1ncc(Cl)c(Nc2ccccc2P(C)(C)=O)n1. The fourth-order valence-electron chi connectivity index (χ4n) is 7.31. The van der Waals surface area contributed by atoms with Gasteiger partial charge in [-0.1, -0.05) is 70.2 Å². The van der Waals surface area contributed by atoms with Gasteiger partial charge in [-0.05, 0) is 93.7 Å². The maximum absolute atomic E-state index is 13.3. The molecule has 0 aliphatic carbocycles. The number of benzene rings is 2. The number of nitrogens with zero attached hydrogens (tertiary/aromatic N) is 4. The lowest BCUT2D eigenvalue weighted by Gasteiger charge is -2.35. The minimum absolute atomic E-state index is 0.0499. The number of aryl methyl sites for hydroxylation is 1. The number of carbonyl (C=O) groups excluding carboxylic acids is 3. The van der Waals surface area contributed by atoms with Gasteiger partial charge in [0.2, 0.25) is 23.7 Å². The van der Waals surface area contributed by atoms with E-state index >= 15 is 0 Å². The van der Waals surface area contributed by atoms with Crippen LogP contribution >= 0.6 is 18.7 Å². The molecule has 0 unspecified atom stereocenters. The number of nitrogens with one attached hydrogen (secondary N) is 3. The Morgan fingerprint density at radius 2 is 1.69 bits per heavy atom. The molecule has 4 rings (SSSR count). The summed E-state index contributed by atoms with van der Waals surface area (Å²) in [5, 5.41) is 20.5. The molecule has 0 radical (unpaired) electrons. The Hall–Kier alpha value is -4.19. The molecule has 1 aromatic heterocycles. The van der Waals surface area contributed by atoms with E-state index < -0.39 is 24.7 Å². The number of ether oxygens (including phenoxy) is 1. The lowest BCUT2D eigenvalue weighted by molar-refractivity contribution is -0.140. The zero-order chi connectivity index (χ0) is 43.5. The first-order valence-corrected chi connectivity index (χ1v) is 23.7. The van der Waals surface area contributed by atoms with E-state index in [9.17, 15) is 24.1 Å². The average molecular weight is 854 g/mol. The van der Waals surface area contributed by atoms with Gasteiger partial charge in [0.25, 0.3) is 0 Å². The van der Waals surface area contributed by atoms with Crippen LogP contribution in [0.25, 0.3) is 0 Å². The fourth-order valence-corrected chi connectivity index (χ4v) is 8.60. The summed E-state index contributed by atoms with van der Waals surface area (Å²) in [7, 11) is 0.875. The van der Waals surface area contributed by atoms with Crippen LogP contribution in [0.1, 0.15) is 96.6 Å². The van der Waals surface area contributed by atoms with Gasteiger partial charge in [-0.3, -0.25) is 14.4 Å². The van der Waals surface area contributed by atoms with Crippen molar-refractivity contribution < 1.29 is 28.8 Å². The van der Waals surface area contributed by atoms with E-state index in [1.807, 2.05) is 78.1 Å². The first-order chi connectivity index (χ1) is 27.8. The van der Waals surface area contributed by atoms with Crippen LogP contribution in [-0.2, 0) is 25.4 Å². The smallest absolute Gasteiger partial charge is 0.246 e. The molecule has 3 atom stereocenters. The van der Waals surface area contributed by atoms with Crippen LogP contribution in [0.3, 0.4) is 0 Å². The molecule has 1 fully saturated rings. The number of rotatable bonds is 20. The Balaban J connectivity index is 1.18. The summed E-state index contributed by atoms with van der Waals surface area (Å²) in [5.41, 5.74) is 2.97. The minimum Gasteiger partial charge on any atom is -0.495 e. The minimum atomic E-state index is -2.56. The van der Waals surface area contributed by atoms with Crippen molar-refractivity contribution in [3.63, 3.8) is 0 Å². The summed E-state index contributed by atoms with van der Waals surface area (Å²) in [6.45, 7) is 14.1. The highest BCUT2D eigenvalue weighted by atomic mass is 35.5. The summed E-state index contributed by atoms with van der Waals surface area (Å²) >= 11 is 6.46. The van der Waals surface area contributed by atoms with E-state index in [4.69, 9.17) is 16.3 Å². The second-order valence-corrected chi connectivity index (χ2v) is 20.9. The second kappa shape index (κ2) is 21.4. The van der Waals surface area contributed by atoms with Gasteiger partial charge >= 0.3 is 0 Å². The number of likely N-dealkylation sites (tertiary alicyclic amines) is 1. The van der Waals surface area contributed by atoms with Crippen molar-refractivity contribution in [2.75, 3.05) is 51.2 Å². The Kier molecular flexibility index (Phi) is 17.2. The van der Waals surface area contributed by atoms with E-state index in [1.54, 1.807) is 30.2 Å². The van der Waals surface area contributed by atoms with Crippen LogP contribution < -0.4 is 26.0 Å². The third kappa shape index (κ3) is 13.9. The molecule has 4 N–H and O–H groups in total. The number of likely N-dealkylation sites (N-methyl/N-ethyl adjacent to an activating group) is 1. The molecule has 324 valence electrons. The maximum atomic E-state index is 13.3. The average Bonchev–Trinajstić information content (AvgIpc) is 3.51. The van der Waals surface area contributed by atoms with Gasteiger partial charge in [-0.15, -0.1) is 0 Å². The van der Waals surface area contributed by atoms with Crippen LogP contribution in [0, 0.1) is 12.3 Å². The van der Waals surface area contributed by atoms with Crippen LogP contribution in [0.2, 0.25) is 5.02 Å². The van der Waals surface area contributed by atoms with E-state index in [0.29, 0.717) is 78.0 Å². The van der Waals surface area contributed by atoms with Crippen LogP contribution in [0.15, 0.2) is 42.6 Å². The highest BCUT2D eigenvalue weighted by Gasteiger charge is 2.40. The van der Waals surface area contributed by atoms with Gasteiger partial charge < -0.3 is 40.2 Å². The maximum Gasteiger partial charge on any atom is 0.246 e. The molecule has 0 spiro atoms. The van der Waals surface area contributed by atoms with Crippen molar-refractivity contribution >= 4 is 64.9 Å². The molecule has 59 heavy (non-hydrogen) atoms. The highest BCUT2D eigenvalue weighted by Crippen LogP contribution is 2.39. The van der Waals surface area contributed by atoms with E-state index in [1.165, 1.54) is 6.20 Å². The fraction of sp³-hybridized carbons (Fsp3) is 0.568. The lowest BCUT2D eigenvalue weighted by atomic mass is 9.85. The zero-order valence-electron chi connectivity index (χ0n) is 36.4. The predicted octanol–water partition coefficient (Wildman–Crippen LogP) is 7.82. The number of aliphatic hydroxyl groups is 1. The number of hydrogen-bond acceptors (Lipinski definition) is 10. The molecule has 15 heteroatoms. The van der Waals surface area contributed by atoms with Crippen molar-refractivity contribution in [1.29, 1.82) is 0 Å². The van der Waals surface area contributed by atoms with Crippen molar-refractivity contribution in [2.45, 2.75) is 117 Å². The van der Waals surface area contributed by atoms with Gasteiger partial charge in [-0.2, -0.15) is 4.98 Å². The Bertz CT molecular complexity index is 1970. The molecule has 3 aromatic rings. The number of β-amino-alcohol motifs (C(OH)–C–C–N with tert-alkyl or cyclic N) is 1. The quantitative estimate of drug-likeness (QED) is 0.0651. The monoisotopic (exact) mass is 853 g/mol. The number of aromatic nitrogens is 2. The number of carbonyl (C=O) groups is 3. The number of methoxy groups -OCH3 is 1. The van der Waals surface area contributed by atoms with E-state index in [-0.39, 0.29) is 23.8 Å². The second-order valence-electron chi connectivity index (χ2n) is 17.3. The van der Waals surface area contributed by atoms with E-state index in [2.05, 4.69) is 25.9 Å². The number of hydrogen-bond donors (Lipinski definition) is 4. The molecule has 1 saturated heterocycles. The van der Waals surface area contributed by atoms with Gasteiger partial charge in [0.1, 0.15) is 24.0 Å². The molecule has 3 amide bonds. The third-order valence-corrected chi connectivity index (χ3v) is 12.7. The van der Waals surface area contributed by atoms with Crippen molar-refractivity contribution in [3.8, 4) is 5.75 Å². The first-order valence-electron chi connectivity index (χ1n) is 20.7. The molecule has 0 bridgehead atoms. The number of amides is 3. The lowest BCUT2D eigenvalue weighted by Crippen LogP contribution is -2.55. The third-order valence-electron chi connectivity index (χ3n) is 10.8. The molecular formula is C44H65ClN7O6P. The van der Waals surface area contributed by atoms with Crippen LogP contribution in [-0.4, -0.2) is 101 Å². The summed E-state index contributed by atoms with van der Waals surface area (Å²) < 4.78 is 18.6. The molecule has 13 nitrogen and oxygen atoms in total. The molecular weight excluding hydrogens is 789 g/mol. The summed E-state index contributed by atoms with van der Waals surface area (Å²) in [4.78, 5) is 51.5. The van der Waals surface area contributed by atoms with Gasteiger partial charge in [0, 0.05) is 44.3 Å². The van der Waals surface area contributed by atoms with Gasteiger partial charge in [-0.25, -0.2) is 4.98 Å². The highest BCUT2D eigenvalue weighted by molar-refractivity contribution is 7.70. The van der Waals surface area contributed by atoms with Crippen LogP contribution in [0.5, 0.6) is 5.75 Å². The number of halogens is 1. The first kappa shape index (κ1) is 47.5. The Morgan fingerprint density at radius 1 is 1.03 bits per heavy atom. The molecule has 0 saturated carbocycles. The Labute approximate surface area is 355 Å². The summed E-state index contributed by atoms with van der Waals surface area (Å²) in [5.74, 6) is 1.14. The van der Waals surface area contributed by atoms with Gasteiger partial charge in [0.15, 0.2) is 5.82 Å². The van der Waals surface area contributed by atoms with Crippen molar-refractivity contribution in [3.05, 3.63) is 58.7 Å². The topological polar surface area (TPSA) is 166 Å². The number of unbranched alkanes of at least 4 members (excludes halogenated alkanes) is 5. The molecule has 2 aromatic carbocycles. The largest absolute Gasteiger partial charge is 0.495 e. The van der Waals surface area contributed by atoms with Gasteiger partial charge in [0.05, 0.1) is 30.8 Å². The summed E-state index contributed by atoms with van der Waals surface area (Å²) in [6.07, 6.45) is 8.42. The predicted molar refractivity (Wildman–Crippen MR) is 238 cm³/mol. The molecule has 1 aliphatic heterocycles. The number of aliphatic hydroxyl groups excluding tert-OH is 1. The normalized spacial score (nSPS) is 16.1. The Morgan fingerprint density at radius 3 is 2.32 bits per heavy atom.